The van der Waals surface area contributed by atoms with Gasteiger partial charge in [0.25, 0.3) is 0 Å². The molecule has 2 rings (SSSR count). The number of rotatable bonds is 6. The zero-order chi connectivity index (χ0) is 15.3. The standard InChI is InChI=1S/C18H32N2S/c1-5-6-11-20-12-9-15(10-13-20)19-14-16-7-8-17(21-16)18(2,3)4/h7-8,15,19H,5-6,9-14H2,1-4H3. The van der Waals surface area contributed by atoms with Gasteiger partial charge in [0, 0.05) is 22.3 Å². The van der Waals surface area contributed by atoms with Crippen LogP contribution in [0, 0.1) is 0 Å². The predicted octanol–water partition coefficient (Wildman–Crippen LogP) is 4.40. The number of nitrogens with one attached hydrogen (secondary N) is 1. The van der Waals surface area contributed by atoms with Crippen LogP contribution in [-0.4, -0.2) is 30.6 Å². The summed E-state index contributed by atoms with van der Waals surface area (Å²) in [6.45, 7) is 14.0. The Morgan fingerprint density at radius 3 is 2.52 bits per heavy atom. The van der Waals surface area contributed by atoms with Crippen LogP contribution in [0.3, 0.4) is 0 Å². The van der Waals surface area contributed by atoms with E-state index in [9.17, 15) is 0 Å². The average molecular weight is 309 g/mol. The monoisotopic (exact) mass is 308 g/mol. The van der Waals surface area contributed by atoms with Gasteiger partial charge in [-0.15, -0.1) is 11.3 Å². The van der Waals surface area contributed by atoms with Crippen LogP contribution in [0.25, 0.3) is 0 Å². The maximum Gasteiger partial charge on any atom is 0.0302 e. The van der Waals surface area contributed by atoms with Gasteiger partial charge >= 0.3 is 0 Å². The molecule has 1 saturated heterocycles. The van der Waals surface area contributed by atoms with E-state index < -0.39 is 0 Å². The molecule has 0 spiro atoms. The maximum atomic E-state index is 3.76. The number of likely N-dealkylation sites (tertiary alicyclic amines) is 1. The van der Waals surface area contributed by atoms with E-state index in [-0.39, 0.29) is 5.41 Å². The van der Waals surface area contributed by atoms with Crippen LogP contribution >= 0.6 is 11.3 Å². The lowest BCUT2D eigenvalue weighted by Crippen LogP contribution is -2.42. The Kier molecular flexibility index (Phi) is 6.27. The second-order valence-electron chi connectivity index (χ2n) is 7.37. The lowest BCUT2D eigenvalue weighted by Gasteiger charge is -2.32. The maximum absolute atomic E-state index is 3.76. The minimum atomic E-state index is 0.285. The lowest BCUT2D eigenvalue weighted by atomic mass is 9.95. The van der Waals surface area contributed by atoms with Crippen molar-refractivity contribution < 1.29 is 0 Å². The number of thiophene rings is 1. The lowest BCUT2D eigenvalue weighted by molar-refractivity contribution is 0.195. The number of hydrogen-bond donors (Lipinski definition) is 1. The van der Waals surface area contributed by atoms with Crippen molar-refractivity contribution in [3.8, 4) is 0 Å². The third-order valence-corrected chi connectivity index (χ3v) is 5.89. The van der Waals surface area contributed by atoms with Crippen molar-refractivity contribution in [3.05, 3.63) is 21.9 Å². The highest BCUT2D eigenvalue weighted by atomic mass is 32.1. The molecule has 0 amide bonds. The van der Waals surface area contributed by atoms with E-state index in [1.54, 1.807) is 0 Å². The average Bonchev–Trinajstić information content (AvgIpc) is 2.93. The SMILES string of the molecule is CCCCN1CCC(NCc2ccc(C(C)(C)C)s2)CC1. The van der Waals surface area contributed by atoms with Crippen LogP contribution in [0.15, 0.2) is 12.1 Å². The molecule has 0 aromatic carbocycles. The summed E-state index contributed by atoms with van der Waals surface area (Å²) in [5.41, 5.74) is 0.285. The molecule has 0 atom stereocenters. The van der Waals surface area contributed by atoms with Gasteiger partial charge in [0.1, 0.15) is 0 Å². The summed E-state index contributed by atoms with van der Waals surface area (Å²) in [5, 5.41) is 3.76. The molecule has 120 valence electrons. The molecule has 0 saturated carbocycles. The van der Waals surface area contributed by atoms with Gasteiger partial charge < -0.3 is 10.2 Å². The van der Waals surface area contributed by atoms with Crippen molar-refractivity contribution in [3.63, 3.8) is 0 Å². The molecule has 3 heteroatoms. The van der Waals surface area contributed by atoms with Gasteiger partial charge in [0.15, 0.2) is 0 Å². The predicted molar refractivity (Wildman–Crippen MR) is 94.2 cm³/mol. The molecule has 2 heterocycles. The fourth-order valence-electron chi connectivity index (χ4n) is 2.86. The van der Waals surface area contributed by atoms with Gasteiger partial charge in [-0.3, -0.25) is 0 Å². The zero-order valence-corrected chi connectivity index (χ0v) is 15.1. The summed E-state index contributed by atoms with van der Waals surface area (Å²) in [7, 11) is 0. The molecule has 1 aromatic heterocycles. The zero-order valence-electron chi connectivity index (χ0n) is 14.2. The molecule has 0 aliphatic carbocycles. The Morgan fingerprint density at radius 1 is 1.24 bits per heavy atom. The Hall–Kier alpha value is -0.380. The summed E-state index contributed by atoms with van der Waals surface area (Å²) in [6.07, 6.45) is 5.28. The van der Waals surface area contributed by atoms with Crippen LogP contribution < -0.4 is 5.32 Å². The fraction of sp³-hybridized carbons (Fsp3) is 0.778. The van der Waals surface area contributed by atoms with Gasteiger partial charge in [0.05, 0.1) is 0 Å². The fourth-order valence-corrected chi connectivity index (χ4v) is 3.88. The van der Waals surface area contributed by atoms with E-state index >= 15 is 0 Å². The Bertz CT molecular complexity index is 411. The topological polar surface area (TPSA) is 15.3 Å². The van der Waals surface area contributed by atoms with Gasteiger partial charge in [-0.2, -0.15) is 0 Å². The number of nitrogens with zero attached hydrogens (tertiary/aromatic N) is 1. The first-order valence-electron chi connectivity index (χ1n) is 8.54. The molecule has 1 aromatic rings. The summed E-state index contributed by atoms with van der Waals surface area (Å²) in [4.78, 5) is 5.60. The molecule has 1 fully saturated rings. The highest BCUT2D eigenvalue weighted by Crippen LogP contribution is 2.29. The number of hydrogen-bond acceptors (Lipinski definition) is 3. The Labute approximate surface area is 134 Å². The molecule has 0 bridgehead atoms. The molecule has 1 aliphatic rings. The minimum absolute atomic E-state index is 0.285. The first-order valence-corrected chi connectivity index (χ1v) is 9.35. The first-order chi connectivity index (χ1) is 9.99. The molecule has 0 radical (unpaired) electrons. The highest BCUT2D eigenvalue weighted by Gasteiger charge is 2.19. The number of unbranched alkanes of at least 4 members (excludes halogenated alkanes) is 1. The molecule has 2 nitrogen and oxygen atoms in total. The number of piperidine rings is 1. The smallest absolute Gasteiger partial charge is 0.0302 e. The summed E-state index contributed by atoms with van der Waals surface area (Å²) in [5.74, 6) is 0. The van der Waals surface area contributed by atoms with Crippen molar-refractivity contribution in [1.29, 1.82) is 0 Å². The normalized spacial score (nSPS) is 18.3. The summed E-state index contributed by atoms with van der Waals surface area (Å²) >= 11 is 1.97. The van der Waals surface area contributed by atoms with Crippen LogP contribution in [0.5, 0.6) is 0 Å². The second kappa shape index (κ2) is 7.75. The van der Waals surface area contributed by atoms with Crippen LogP contribution in [0.2, 0.25) is 0 Å². The van der Waals surface area contributed by atoms with Crippen molar-refractivity contribution >= 4 is 11.3 Å². The highest BCUT2D eigenvalue weighted by molar-refractivity contribution is 7.12. The van der Waals surface area contributed by atoms with E-state index in [4.69, 9.17) is 0 Å². The van der Waals surface area contributed by atoms with Crippen LogP contribution in [0.1, 0.15) is 63.1 Å². The van der Waals surface area contributed by atoms with E-state index in [1.165, 1.54) is 55.1 Å². The van der Waals surface area contributed by atoms with Crippen molar-refractivity contribution in [2.75, 3.05) is 19.6 Å². The Morgan fingerprint density at radius 2 is 1.95 bits per heavy atom. The Balaban J connectivity index is 1.71. The molecule has 0 unspecified atom stereocenters. The molecule has 1 aliphatic heterocycles. The third kappa shape index (κ3) is 5.39. The van der Waals surface area contributed by atoms with E-state index in [0.717, 1.165) is 6.54 Å². The quantitative estimate of drug-likeness (QED) is 0.838. The second-order valence-corrected chi connectivity index (χ2v) is 8.53. The van der Waals surface area contributed by atoms with E-state index in [0.29, 0.717) is 6.04 Å². The summed E-state index contributed by atoms with van der Waals surface area (Å²) in [6, 6.07) is 5.31. The molecular weight excluding hydrogens is 276 g/mol. The minimum Gasteiger partial charge on any atom is -0.309 e. The van der Waals surface area contributed by atoms with Gasteiger partial charge in [-0.25, -0.2) is 0 Å². The van der Waals surface area contributed by atoms with Gasteiger partial charge in [-0.05, 0) is 56.4 Å². The van der Waals surface area contributed by atoms with E-state index in [1.807, 2.05) is 11.3 Å². The van der Waals surface area contributed by atoms with E-state index in [2.05, 4.69) is 50.0 Å². The van der Waals surface area contributed by atoms with Crippen LogP contribution in [0.4, 0.5) is 0 Å². The van der Waals surface area contributed by atoms with Gasteiger partial charge in [0.2, 0.25) is 0 Å². The molecular formula is C18H32N2S. The third-order valence-electron chi connectivity index (χ3n) is 4.38. The van der Waals surface area contributed by atoms with Crippen molar-refractivity contribution in [2.24, 2.45) is 0 Å². The first kappa shape index (κ1) is 17.0. The largest absolute Gasteiger partial charge is 0.309 e. The van der Waals surface area contributed by atoms with Crippen molar-refractivity contribution in [1.82, 2.24) is 10.2 Å². The van der Waals surface area contributed by atoms with Crippen molar-refractivity contribution in [2.45, 2.75) is 71.4 Å². The molecule has 1 N–H and O–H groups in total. The molecule has 21 heavy (non-hydrogen) atoms. The van der Waals surface area contributed by atoms with Gasteiger partial charge in [-0.1, -0.05) is 34.1 Å². The summed E-state index contributed by atoms with van der Waals surface area (Å²) < 4.78 is 0. The van der Waals surface area contributed by atoms with Crippen LogP contribution in [-0.2, 0) is 12.0 Å².